The summed E-state index contributed by atoms with van der Waals surface area (Å²) < 4.78 is 23.7. The first-order chi connectivity index (χ1) is 37.9. The first-order valence-corrected chi connectivity index (χ1v) is 27.4. The average Bonchev–Trinajstić information content (AvgIpc) is 3.48. The van der Waals surface area contributed by atoms with E-state index in [2.05, 4.69) is 5.32 Å². The molecule has 1 aromatic rings. The fourth-order valence-electron chi connectivity index (χ4n) is 10.1. The Bertz CT molecular complexity index is 2300. The first kappa shape index (κ1) is 67.4. The highest BCUT2D eigenvalue weighted by molar-refractivity contribution is 5.96. The molecule has 2 saturated heterocycles. The number of hydrogen-bond donors (Lipinski definition) is 13. The number of hydrogen-bond acceptors (Lipinski definition) is 20. The number of Topliss-reactive ketones (excluding diaryl/α,β-unsaturated/α-hetero) is 2. The topological polar surface area (TPSA) is 366 Å². The van der Waals surface area contributed by atoms with Crippen LogP contribution in [-0.4, -0.2) is 184 Å². The number of carboxylic acid groups (broad SMARTS) is 1. The summed E-state index contributed by atoms with van der Waals surface area (Å²) in [4.78, 5) is 51.7. The van der Waals surface area contributed by atoms with Gasteiger partial charge in [-0.15, -0.1) is 0 Å². The van der Waals surface area contributed by atoms with Crippen molar-refractivity contribution in [2.24, 2.45) is 23.5 Å². The highest BCUT2D eigenvalue weighted by atomic mass is 16.7. The van der Waals surface area contributed by atoms with Crippen LogP contribution >= 0.6 is 0 Å². The van der Waals surface area contributed by atoms with Crippen molar-refractivity contribution >= 4 is 29.2 Å². The standard InChI is InChI=1S/C59H86N2O19/c1-35-17-15-13-11-9-7-5-6-8-10-12-14-16-18-47(78-58-55(73)53(60)54(72)37(3)77-58)32-50-52(57(74)75)49(70)34-59(76,80-50)33-46(68)29-44(66)27-42(64)25-41(63)26-43(65)28-45(67)31-51(71)79-56(35)36(2)19-24-40(62)30-48(69)38-20-22-39(61-4)23-21-38/h5-18,20-23,35-37,40-42,44-47,49-50,52-56,58,61-64,66-68,70,72-73,76H,19,24-34,60H2,1-4H3,(H,74,75)/t35?,36?,37-,40?,41?,42?,44?,45?,46?,47?,49?,50?,52?,53+,54-,55+,56?,58+,59?/m1/s1. The molecule has 2 fully saturated rings. The van der Waals surface area contributed by atoms with Crippen LogP contribution in [0.3, 0.4) is 0 Å². The van der Waals surface area contributed by atoms with Gasteiger partial charge in [0.2, 0.25) is 0 Å². The van der Waals surface area contributed by atoms with E-state index >= 15 is 0 Å². The number of benzene rings is 1. The van der Waals surface area contributed by atoms with E-state index in [1.54, 1.807) is 104 Å². The summed E-state index contributed by atoms with van der Waals surface area (Å²) in [6.45, 7) is 5.22. The van der Waals surface area contributed by atoms with Gasteiger partial charge in [0.15, 0.2) is 17.9 Å². The fraction of sp³-hybridized carbons (Fsp3) is 0.593. The summed E-state index contributed by atoms with van der Waals surface area (Å²) in [6.07, 6.45) is 1.86. The first-order valence-electron chi connectivity index (χ1n) is 27.4. The molecule has 21 heteroatoms. The van der Waals surface area contributed by atoms with Gasteiger partial charge in [-0.1, -0.05) is 98.9 Å². The van der Waals surface area contributed by atoms with Crippen molar-refractivity contribution in [3.05, 3.63) is 115 Å². The van der Waals surface area contributed by atoms with Gasteiger partial charge < -0.3 is 86.2 Å². The fourth-order valence-corrected chi connectivity index (χ4v) is 10.1. The van der Waals surface area contributed by atoms with Gasteiger partial charge in [0, 0.05) is 62.7 Å². The third kappa shape index (κ3) is 23.0. The number of anilines is 1. The number of carbonyl (C=O) groups is 4. The van der Waals surface area contributed by atoms with Crippen molar-refractivity contribution in [1.29, 1.82) is 0 Å². The van der Waals surface area contributed by atoms with Crippen LogP contribution in [0.2, 0.25) is 0 Å². The maximum atomic E-state index is 13.3. The van der Waals surface area contributed by atoms with E-state index < -0.39 is 172 Å². The number of nitrogens with one attached hydrogen (secondary N) is 1. The average molecular weight is 1130 g/mol. The molecule has 446 valence electrons. The van der Waals surface area contributed by atoms with Gasteiger partial charge in [0.1, 0.15) is 23.9 Å². The molecule has 19 atom stereocenters. The lowest BCUT2D eigenvalue weighted by molar-refractivity contribution is -0.308. The number of esters is 1. The molecule has 1 aromatic carbocycles. The molecule has 3 heterocycles. The Morgan fingerprint density at radius 3 is 1.86 bits per heavy atom. The Morgan fingerprint density at radius 2 is 1.27 bits per heavy atom. The second kappa shape index (κ2) is 33.7. The summed E-state index contributed by atoms with van der Waals surface area (Å²) in [5.74, 6) is -7.75. The highest BCUT2D eigenvalue weighted by Gasteiger charge is 2.51. The van der Waals surface area contributed by atoms with Crippen LogP contribution in [0.25, 0.3) is 0 Å². The minimum atomic E-state index is -2.34. The maximum Gasteiger partial charge on any atom is 0.311 e. The number of carboxylic acids is 1. The van der Waals surface area contributed by atoms with Gasteiger partial charge in [-0.25, -0.2) is 0 Å². The van der Waals surface area contributed by atoms with E-state index in [0.717, 1.165) is 5.69 Å². The molecular formula is C59H86N2O19. The third-order valence-electron chi connectivity index (χ3n) is 14.4. The molecule has 0 aromatic heterocycles. The monoisotopic (exact) mass is 1130 g/mol. The second-order valence-electron chi connectivity index (χ2n) is 21.4. The molecule has 3 aliphatic rings. The lowest BCUT2D eigenvalue weighted by Crippen LogP contribution is -2.61. The number of aliphatic hydroxyl groups excluding tert-OH is 9. The van der Waals surface area contributed by atoms with Gasteiger partial charge >= 0.3 is 11.9 Å². The van der Waals surface area contributed by atoms with Crippen LogP contribution in [0.4, 0.5) is 5.69 Å². The number of ether oxygens (including phenoxy) is 4. The number of fused-ring (bicyclic) bond motifs is 2. The Kier molecular flexibility index (Phi) is 28.4. The zero-order valence-corrected chi connectivity index (χ0v) is 46.0. The maximum absolute atomic E-state index is 13.3. The summed E-state index contributed by atoms with van der Waals surface area (Å²) in [5.41, 5.74) is 7.35. The quantitative estimate of drug-likeness (QED) is 0.112. The molecule has 21 nitrogen and oxygen atoms in total. The summed E-state index contributed by atoms with van der Waals surface area (Å²) in [5, 5.41) is 122. The highest BCUT2D eigenvalue weighted by Crippen LogP contribution is 2.38. The number of carbonyl (C=O) groups excluding carboxylic acids is 3. The summed E-state index contributed by atoms with van der Waals surface area (Å²) in [6, 6.07) is 5.74. The second-order valence-corrected chi connectivity index (χ2v) is 21.4. The van der Waals surface area contributed by atoms with Crippen molar-refractivity contribution in [2.75, 3.05) is 12.4 Å². The van der Waals surface area contributed by atoms with Crippen LogP contribution in [0.5, 0.6) is 0 Å². The molecular weight excluding hydrogens is 1040 g/mol. The van der Waals surface area contributed by atoms with Crippen LogP contribution in [-0.2, 0) is 33.3 Å². The Balaban J connectivity index is 1.54. The number of nitrogens with two attached hydrogens (primary N) is 1. The third-order valence-corrected chi connectivity index (χ3v) is 14.4. The molecule has 14 N–H and O–H groups in total. The molecule has 2 bridgehead atoms. The zero-order chi connectivity index (χ0) is 59.1. The lowest BCUT2D eigenvalue weighted by atomic mass is 9.82. The van der Waals surface area contributed by atoms with Gasteiger partial charge in [-0.2, -0.15) is 0 Å². The Hall–Kier alpha value is -5.08. The molecule has 4 rings (SSSR count). The van der Waals surface area contributed by atoms with Crippen molar-refractivity contribution in [3.63, 3.8) is 0 Å². The van der Waals surface area contributed by atoms with Gasteiger partial charge in [0.05, 0.1) is 79.6 Å². The Labute approximate surface area is 468 Å². The Morgan fingerprint density at radius 1 is 0.725 bits per heavy atom. The normalized spacial score (nSPS) is 35.2. The number of aliphatic carboxylic acids is 1. The van der Waals surface area contributed by atoms with Crippen LogP contribution in [0, 0.1) is 17.8 Å². The van der Waals surface area contributed by atoms with E-state index in [4.69, 9.17) is 24.7 Å². The molecule has 0 spiro atoms. The molecule has 0 saturated carbocycles. The van der Waals surface area contributed by atoms with Crippen LogP contribution in [0.15, 0.2) is 109 Å². The minimum Gasteiger partial charge on any atom is -0.481 e. The predicted molar refractivity (Wildman–Crippen MR) is 295 cm³/mol. The smallest absolute Gasteiger partial charge is 0.311 e. The van der Waals surface area contributed by atoms with Crippen molar-refractivity contribution in [3.8, 4) is 0 Å². The number of cyclic esters (lactones) is 1. The van der Waals surface area contributed by atoms with Gasteiger partial charge in [-0.05, 0) is 69.2 Å². The van der Waals surface area contributed by atoms with Crippen molar-refractivity contribution in [2.45, 2.75) is 195 Å². The van der Waals surface area contributed by atoms with E-state index in [1.807, 2.05) is 19.9 Å². The van der Waals surface area contributed by atoms with E-state index in [-0.39, 0.29) is 36.9 Å². The van der Waals surface area contributed by atoms with Crippen molar-refractivity contribution in [1.82, 2.24) is 0 Å². The number of ketones is 2. The molecule has 0 radical (unpaired) electrons. The van der Waals surface area contributed by atoms with E-state index in [1.165, 1.54) is 13.0 Å². The lowest BCUT2D eigenvalue weighted by Gasteiger charge is -2.45. The molecule has 3 aliphatic heterocycles. The molecule has 0 amide bonds. The predicted octanol–water partition coefficient (Wildman–Crippen LogP) is 2.75. The summed E-state index contributed by atoms with van der Waals surface area (Å²) >= 11 is 0. The number of rotatable bonds is 11. The number of aliphatic hydroxyl groups is 10. The number of allylic oxidation sites excluding steroid dienone is 12. The van der Waals surface area contributed by atoms with Crippen molar-refractivity contribution < 1.29 is 94.3 Å². The molecule has 80 heavy (non-hydrogen) atoms. The molecule has 14 unspecified atom stereocenters. The minimum absolute atomic E-state index is 0.106. The molecule has 0 aliphatic carbocycles. The van der Waals surface area contributed by atoms with E-state index in [9.17, 15) is 75.3 Å². The van der Waals surface area contributed by atoms with Crippen LogP contribution in [0.1, 0.15) is 108 Å². The summed E-state index contributed by atoms with van der Waals surface area (Å²) in [7, 11) is 1.77. The van der Waals surface area contributed by atoms with Gasteiger partial charge in [0.25, 0.3) is 0 Å². The van der Waals surface area contributed by atoms with E-state index in [0.29, 0.717) is 12.0 Å². The zero-order valence-electron chi connectivity index (χ0n) is 46.0. The largest absolute Gasteiger partial charge is 0.481 e. The SMILES string of the molecule is CNc1ccc(C(=O)CC(O)CCC(C)C2OC(=O)CC(O)CC(=O)CC(O)CC(O)CC(O)CC(O)CC3(O)CC(O)C(C(=O)O)C(CC(O[C@@H]4O[C@H](C)[C@@H](O)[C@H](N)[C@@H]4O)C=CC=CC=CC=CC=CC=CC=CC2C)O3)cc1. The van der Waals surface area contributed by atoms with Crippen LogP contribution < -0.4 is 11.1 Å². The van der Waals surface area contributed by atoms with Gasteiger partial charge in [-0.3, -0.25) is 19.2 Å².